The maximum absolute atomic E-state index is 9.54. The fourth-order valence-electron chi connectivity index (χ4n) is 2.02. The quantitative estimate of drug-likeness (QED) is 0.898. The molecule has 0 aliphatic rings. The number of aryl methyl sites for hydroxylation is 2. The molecule has 1 atom stereocenters. The van der Waals surface area contributed by atoms with E-state index in [0.29, 0.717) is 6.61 Å². The van der Waals surface area contributed by atoms with Crippen LogP contribution in [0.5, 0.6) is 5.75 Å². The molecule has 0 aliphatic carbocycles. The van der Waals surface area contributed by atoms with Crippen molar-refractivity contribution in [3.63, 3.8) is 0 Å². The molecule has 0 fully saturated rings. The van der Waals surface area contributed by atoms with Crippen molar-refractivity contribution in [3.05, 3.63) is 64.7 Å². The van der Waals surface area contributed by atoms with Gasteiger partial charge in [0.2, 0.25) is 0 Å². The number of benzene rings is 2. The lowest BCUT2D eigenvalue weighted by Crippen LogP contribution is -2.00. The summed E-state index contributed by atoms with van der Waals surface area (Å²) in [4.78, 5) is 0. The molecule has 0 aromatic heterocycles. The number of aliphatic hydroxyl groups excluding tert-OH is 1. The highest BCUT2D eigenvalue weighted by Gasteiger charge is 2.06. The minimum Gasteiger partial charge on any atom is -0.489 e. The highest BCUT2D eigenvalue weighted by molar-refractivity contribution is 5.37. The number of hydrogen-bond donors (Lipinski definition) is 1. The lowest BCUT2D eigenvalue weighted by atomic mass is 10.1. The third-order valence-electron chi connectivity index (χ3n) is 3.33. The Morgan fingerprint density at radius 3 is 2.42 bits per heavy atom. The molecule has 0 amide bonds. The van der Waals surface area contributed by atoms with Gasteiger partial charge in [-0.05, 0) is 55.2 Å². The molecule has 2 nitrogen and oxygen atoms in total. The zero-order valence-electron chi connectivity index (χ0n) is 11.7. The third kappa shape index (κ3) is 3.36. The summed E-state index contributed by atoms with van der Waals surface area (Å²) in [6.07, 6.45) is -0.441. The van der Waals surface area contributed by atoms with Gasteiger partial charge in [0.15, 0.2) is 0 Å². The van der Waals surface area contributed by atoms with Crippen LogP contribution < -0.4 is 4.74 Å². The predicted octanol–water partition coefficient (Wildman–Crippen LogP) is 3.94. The maximum atomic E-state index is 9.54. The summed E-state index contributed by atoms with van der Waals surface area (Å²) >= 11 is 0. The SMILES string of the molecule is Cc1ccccc1COc1ccc(C(C)O)cc1C. The molecule has 0 heterocycles. The van der Waals surface area contributed by atoms with Crippen molar-refractivity contribution >= 4 is 0 Å². The first-order valence-corrected chi connectivity index (χ1v) is 6.54. The molecule has 0 radical (unpaired) electrons. The van der Waals surface area contributed by atoms with Crippen molar-refractivity contribution in [2.45, 2.75) is 33.5 Å². The van der Waals surface area contributed by atoms with Crippen LogP contribution in [-0.4, -0.2) is 5.11 Å². The Balaban J connectivity index is 2.10. The van der Waals surface area contributed by atoms with Crippen molar-refractivity contribution in [3.8, 4) is 5.75 Å². The highest BCUT2D eigenvalue weighted by atomic mass is 16.5. The van der Waals surface area contributed by atoms with E-state index < -0.39 is 6.10 Å². The van der Waals surface area contributed by atoms with Crippen LogP contribution in [0, 0.1) is 13.8 Å². The van der Waals surface area contributed by atoms with Gasteiger partial charge in [-0.2, -0.15) is 0 Å². The summed E-state index contributed by atoms with van der Waals surface area (Å²) in [7, 11) is 0. The van der Waals surface area contributed by atoms with Crippen LogP contribution in [0.15, 0.2) is 42.5 Å². The largest absolute Gasteiger partial charge is 0.489 e. The Morgan fingerprint density at radius 1 is 1.05 bits per heavy atom. The van der Waals surface area contributed by atoms with Crippen molar-refractivity contribution < 1.29 is 9.84 Å². The number of rotatable bonds is 4. The molecule has 0 bridgehead atoms. The fourth-order valence-corrected chi connectivity index (χ4v) is 2.02. The van der Waals surface area contributed by atoms with E-state index in [1.165, 1.54) is 11.1 Å². The summed E-state index contributed by atoms with van der Waals surface area (Å²) in [5, 5.41) is 9.54. The van der Waals surface area contributed by atoms with Gasteiger partial charge in [-0.15, -0.1) is 0 Å². The minimum atomic E-state index is -0.441. The van der Waals surface area contributed by atoms with Crippen LogP contribution in [0.1, 0.15) is 35.3 Å². The molecule has 100 valence electrons. The Labute approximate surface area is 114 Å². The van der Waals surface area contributed by atoms with Gasteiger partial charge in [0.25, 0.3) is 0 Å². The smallest absolute Gasteiger partial charge is 0.122 e. The average molecular weight is 256 g/mol. The van der Waals surface area contributed by atoms with E-state index in [1.807, 2.05) is 37.3 Å². The fraction of sp³-hybridized carbons (Fsp3) is 0.294. The van der Waals surface area contributed by atoms with Crippen molar-refractivity contribution in [1.29, 1.82) is 0 Å². The van der Waals surface area contributed by atoms with Gasteiger partial charge < -0.3 is 9.84 Å². The molecular weight excluding hydrogens is 236 g/mol. The molecule has 0 saturated carbocycles. The summed E-state index contributed by atoms with van der Waals surface area (Å²) in [6, 6.07) is 14.0. The van der Waals surface area contributed by atoms with E-state index in [-0.39, 0.29) is 0 Å². The first kappa shape index (κ1) is 13.6. The summed E-state index contributed by atoms with van der Waals surface area (Å²) < 4.78 is 5.86. The van der Waals surface area contributed by atoms with Gasteiger partial charge in [-0.1, -0.05) is 30.3 Å². The Hall–Kier alpha value is -1.80. The molecule has 0 spiro atoms. The monoisotopic (exact) mass is 256 g/mol. The standard InChI is InChI=1S/C17H20O2/c1-12-6-4-5-7-16(12)11-19-17-9-8-15(14(3)18)10-13(17)2/h4-10,14,18H,11H2,1-3H3. The van der Waals surface area contributed by atoms with Gasteiger partial charge in [0, 0.05) is 0 Å². The highest BCUT2D eigenvalue weighted by Crippen LogP contribution is 2.23. The second-order valence-corrected chi connectivity index (χ2v) is 4.92. The lowest BCUT2D eigenvalue weighted by molar-refractivity contribution is 0.199. The van der Waals surface area contributed by atoms with Crippen LogP contribution in [0.2, 0.25) is 0 Å². The van der Waals surface area contributed by atoms with Crippen LogP contribution >= 0.6 is 0 Å². The van der Waals surface area contributed by atoms with Crippen LogP contribution in [0.3, 0.4) is 0 Å². The maximum Gasteiger partial charge on any atom is 0.122 e. The van der Waals surface area contributed by atoms with Gasteiger partial charge in [0.05, 0.1) is 6.10 Å². The Bertz CT molecular complexity index is 559. The lowest BCUT2D eigenvalue weighted by Gasteiger charge is -2.13. The molecule has 2 heteroatoms. The number of hydrogen-bond acceptors (Lipinski definition) is 2. The molecule has 2 rings (SSSR count). The molecule has 19 heavy (non-hydrogen) atoms. The summed E-state index contributed by atoms with van der Waals surface area (Å²) in [6.45, 7) is 6.42. The predicted molar refractivity (Wildman–Crippen MR) is 77.3 cm³/mol. The first-order chi connectivity index (χ1) is 9.08. The van der Waals surface area contributed by atoms with Crippen molar-refractivity contribution in [2.24, 2.45) is 0 Å². The molecule has 0 saturated heterocycles. The van der Waals surface area contributed by atoms with Crippen LogP contribution in [0.4, 0.5) is 0 Å². The van der Waals surface area contributed by atoms with E-state index in [9.17, 15) is 5.11 Å². The Kier molecular flexibility index (Phi) is 4.23. The first-order valence-electron chi connectivity index (χ1n) is 6.54. The van der Waals surface area contributed by atoms with E-state index in [2.05, 4.69) is 19.1 Å². The molecule has 0 aliphatic heterocycles. The third-order valence-corrected chi connectivity index (χ3v) is 3.33. The van der Waals surface area contributed by atoms with E-state index in [0.717, 1.165) is 16.9 Å². The number of ether oxygens (including phenoxy) is 1. The molecule has 1 N–H and O–H groups in total. The van der Waals surface area contributed by atoms with Crippen molar-refractivity contribution in [2.75, 3.05) is 0 Å². The van der Waals surface area contributed by atoms with Gasteiger partial charge in [0.1, 0.15) is 12.4 Å². The second-order valence-electron chi connectivity index (χ2n) is 4.92. The summed E-state index contributed by atoms with van der Waals surface area (Å²) in [5.74, 6) is 0.868. The van der Waals surface area contributed by atoms with Gasteiger partial charge in [-0.3, -0.25) is 0 Å². The molecular formula is C17H20O2. The van der Waals surface area contributed by atoms with E-state index in [4.69, 9.17) is 4.74 Å². The van der Waals surface area contributed by atoms with Crippen molar-refractivity contribution in [1.82, 2.24) is 0 Å². The zero-order chi connectivity index (χ0) is 13.8. The van der Waals surface area contributed by atoms with Gasteiger partial charge in [-0.25, -0.2) is 0 Å². The Morgan fingerprint density at radius 2 is 1.79 bits per heavy atom. The molecule has 1 unspecified atom stereocenters. The minimum absolute atomic E-state index is 0.441. The summed E-state index contributed by atoms with van der Waals surface area (Å²) in [5.41, 5.74) is 4.40. The molecule has 2 aromatic rings. The van der Waals surface area contributed by atoms with Gasteiger partial charge >= 0.3 is 0 Å². The zero-order valence-corrected chi connectivity index (χ0v) is 11.7. The van der Waals surface area contributed by atoms with Crippen LogP contribution in [-0.2, 0) is 6.61 Å². The van der Waals surface area contributed by atoms with E-state index >= 15 is 0 Å². The average Bonchev–Trinajstić information content (AvgIpc) is 2.39. The number of aliphatic hydroxyl groups is 1. The van der Waals surface area contributed by atoms with E-state index in [1.54, 1.807) is 6.92 Å². The molecule has 2 aromatic carbocycles. The normalized spacial score (nSPS) is 12.2. The van der Waals surface area contributed by atoms with Crippen LogP contribution in [0.25, 0.3) is 0 Å². The second kappa shape index (κ2) is 5.89. The topological polar surface area (TPSA) is 29.5 Å².